The highest BCUT2D eigenvalue weighted by molar-refractivity contribution is 8.00. The number of nitrogens with zero attached hydrogens (tertiary/aromatic N) is 3. The molecule has 0 spiro atoms. The SMILES string of the molecule is CN=C(NCCCSc1nccs1)NCc1coc(-c2ccc(C)cc2)n1. The molecule has 0 radical (unpaired) electrons. The number of oxazole rings is 1. The van der Waals surface area contributed by atoms with Crippen molar-refractivity contribution in [2.45, 2.75) is 24.2 Å². The first-order chi connectivity index (χ1) is 13.2. The molecular formula is C19H23N5OS2. The highest BCUT2D eigenvalue weighted by Gasteiger charge is 2.07. The van der Waals surface area contributed by atoms with E-state index in [0.29, 0.717) is 12.4 Å². The number of aliphatic imine (C=N–C) groups is 1. The standard InChI is InChI=1S/C19H23N5OS2/c1-14-4-6-15(7-5-14)17-24-16(13-25-17)12-23-18(20-2)21-8-3-10-26-19-22-9-11-27-19/h4-7,9,11,13H,3,8,10,12H2,1-2H3,(H2,20,21,23). The number of aryl methyl sites for hydroxylation is 1. The van der Waals surface area contributed by atoms with Crippen molar-refractivity contribution in [3.63, 3.8) is 0 Å². The number of thioether (sulfide) groups is 1. The van der Waals surface area contributed by atoms with Crippen LogP contribution in [0.3, 0.4) is 0 Å². The Bertz CT molecular complexity index is 843. The van der Waals surface area contributed by atoms with Gasteiger partial charge in [0.15, 0.2) is 5.96 Å². The van der Waals surface area contributed by atoms with Crippen molar-refractivity contribution in [1.82, 2.24) is 20.6 Å². The predicted molar refractivity (Wildman–Crippen MR) is 112 cm³/mol. The minimum absolute atomic E-state index is 0.558. The molecule has 2 aromatic heterocycles. The highest BCUT2D eigenvalue weighted by Crippen LogP contribution is 2.20. The summed E-state index contributed by atoms with van der Waals surface area (Å²) in [5.41, 5.74) is 3.03. The third kappa shape index (κ3) is 6.11. The van der Waals surface area contributed by atoms with Gasteiger partial charge in [0.2, 0.25) is 5.89 Å². The summed E-state index contributed by atoms with van der Waals surface area (Å²) >= 11 is 3.46. The Balaban J connectivity index is 1.39. The lowest BCUT2D eigenvalue weighted by molar-refractivity contribution is 0.572. The summed E-state index contributed by atoms with van der Waals surface area (Å²) in [5.74, 6) is 2.42. The van der Waals surface area contributed by atoms with Crippen LogP contribution in [0.4, 0.5) is 0 Å². The van der Waals surface area contributed by atoms with E-state index in [1.54, 1.807) is 36.4 Å². The van der Waals surface area contributed by atoms with Crippen LogP contribution in [0.2, 0.25) is 0 Å². The summed E-state index contributed by atoms with van der Waals surface area (Å²) in [6, 6.07) is 8.14. The Morgan fingerprint density at radius 3 is 2.85 bits per heavy atom. The Hall–Kier alpha value is -2.32. The molecule has 3 aromatic rings. The second-order valence-electron chi connectivity index (χ2n) is 5.86. The van der Waals surface area contributed by atoms with E-state index in [-0.39, 0.29) is 0 Å². The molecule has 0 aliphatic heterocycles. The summed E-state index contributed by atoms with van der Waals surface area (Å²) in [5, 5.41) is 8.58. The summed E-state index contributed by atoms with van der Waals surface area (Å²) in [7, 11) is 1.76. The van der Waals surface area contributed by atoms with Crippen molar-refractivity contribution in [3.8, 4) is 11.5 Å². The zero-order valence-electron chi connectivity index (χ0n) is 15.4. The molecule has 0 aliphatic rings. The Morgan fingerprint density at radius 1 is 1.26 bits per heavy atom. The van der Waals surface area contributed by atoms with Gasteiger partial charge in [-0.2, -0.15) is 0 Å². The number of guanidine groups is 1. The van der Waals surface area contributed by atoms with Crippen LogP contribution in [0, 0.1) is 6.92 Å². The number of aromatic nitrogens is 2. The molecule has 1 aromatic carbocycles. The highest BCUT2D eigenvalue weighted by atomic mass is 32.2. The van der Waals surface area contributed by atoms with Crippen LogP contribution < -0.4 is 10.6 Å². The fourth-order valence-electron chi connectivity index (χ4n) is 2.33. The van der Waals surface area contributed by atoms with Gasteiger partial charge in [0.25, 0.3) is 0 Å². The zero-order chi connectivity index (χ0) is 18.9. The van der Waals surface area contributed by atoms with Crippen LogP contribution in [0.1, 0.15) is 17.7 Å². The largest absolute Gasteiger partial charge is 0.444 e. The number of hydrogen-bond acceptors (Lipinski definition) is 6. The van der Waals surface area contributed by atoms with Gasteiger partial charge < -0.3 is 15.1 Å². The van der Waals surface area contributed by atoms with E-state index in [9.17, 15) is 0 Å². The van der Waals surface area contributed by atoms with E-state index in [2.05, 4.69) is 44.7 Å². The van der Waals surface area contributed by atoms with Crippen LogP contribution in [-0.4, -0.2) is 35.3 Å². The van der Waals surface area contributed by atoms with Gasteiger partial charge in [0, 0.05) is 36.5 Å². The van der Waals surface area contributed by atoms with E-state index < -0.39 is 0 Å². The van der Waals surface area contributed by atoms with Crippen LogP contribution in [0.25, 0.3) is 11.5 Å². The topological polar surface area (TPSA) is 75.3 Å². The lowest BCUT2D eigenvalue weighted by Crippen LogP contribution is -2.37. The molecule has 2 N–H and O–H groups in total. The molecule has 142 valence electrons. The molecule has 0 aliphatic carbocycles. The van der Waals surface area contributed by atoms with Gasteiger partial charge >= 0.3 is 0 Å². The van der Waals surface area contributed by atoms with Crippen molar-refractivity contribution in [2.24, 2.45) is 4.99 Å². The number of hydrogen-bond donors (Lipinski definition) is 2. The maximum atomic E-state index is 5.59. The zero-order valence-corrected chi connectivity index (χ0v) is 17.1. The van der Waals surface area contributed by atoms with Gasteiger partial charge in [-0.25, -0.2) is 9.97 Å². The van der Waals surface area contributed by atoms with E-state index in [1.165, 1.54) is 5.56 Å². The first-order valence-corrected chi connectivity index (χ1v) is 10.6. The minimum atomic E-state index is 0.558. The lowest BCUT2D eigenvalue weighted by Gasteiger charge is -2.10. The van der Waals surface area contributed by atoms with Gasteiger partial charge in [-0.05, 0) is 25.5 Å². The number of nitrogens with one attached hydrogen (secondary N) is 2. The second-order valence-corrected chi connectivity index (χ2v) is 8.10. The summed E-state index contributed by atoms with van der Waals surface area (Å²) in [6.45, 7) is 3.47. The molecule has 27 heavy (non-hydrogen) atoms. The number of thiazole rings is 1. The molecule has 0 unspecified atom stereocenters. The third-order valence-corrected chi connectivity index (χ3v) is 5.81. The van der Waals surface area contributed by atoms with Crippen molar-refractivity contribution >= 4 is 29.1 Å². The Kier molecular flexibility index (Phi) is 7.29. The van der Waals surface area contributed by atoms with Crippen LogP contribution in [-0.2, 0) is 6.54 Å². The quantitative estimate of drug-likeness (QED) is 0.258. The summed E-state index contributed by atoms with van der Waals surface area (Å²) in [6.07, 6.45) is 4.55. The van der Waals surface area contributed by atoms with Gasteiger partial charge in [-0.1, -0.05) is 29.5 Å². The van der Waals surface area contributed by atoms with Crippen LogP contribution >= 0.6 is 23.1 Å². The van der Waals surface area contributed by atoms with Crippen molar-refractivity contribution in [1.29, 1.82) is 0 Å². The molecule has 6 nitrogen and oxygen atoms in total. The Labute approximate surface area is 167 Å². The average molecular weight is 402 g/mol. The molecule has 0 saturated carbocycles. The third-order valence-electron chi connectivity index (χ3n) is 3.76. The minimum Gasteiger partial charge on any atom is -0.444 e. The van der Waals surface area contributed by atoms with Crippen LogP contribution in [0.15, 0.2) is 55.9 Å². The fourth-order valence-corrected chi connectivity index (χ4v) is 3.98. The smallest absolute Gasteiger partial charge is 0.226 e. The number of rotatable bonds is 8. The molecule has 0 atom stereocenters. The molecule has 0 amide bonds. The van der Waals surface area contributed by atoms with Gasteiger partial charge in [-0.15, -0.1) is 11.3 Å². The van der Waals surface area contributed by atoms with Gasteiger partial charge in [0.05, 0.1) is 12.2 Å². The molecule has 0 saturated heterocycles. The lowest BCUT2D eigenvalue weighted by atomic mass is 10.1. The van der Waals surface area contributed by atoms with Crippen molar-refractivity contribution in [2.75, 3.05) is 19.3 Å². The first-order valence-electron chi connectivity index (χ1n) is 8.73. The molecule has 2 heterocycles. The van der Waals surface area contributed by atoms with Crippen molar-refractivity contribution < 1.29 is 4.42 Å². The maximum Gasteiger partial charge on any atom is 0.226 e. The number of benzene rings is 1. The van der Waals surface area contributed by atoms with E-state index in [4.69, 9.17) is 4.42 Å². The van der Waals surface area contributed by atoms with E-state index >= 15 is 0 Å². The van der Waals surface area contributed by atoms with E-state index in [1.807, 2.05) is 23.7 Å². The molecule has 8 heteroatoms. The summed E-state index contributed by atoms with van der Waals surface area (Å²) < 4.78 is 6.70. The van der Waals surface area contributed by atoms with Gasteiger partial charge in [-0.3, -0.25) is 4.99 Å². The molecular weight excluding hydrogens is 378 g/mol. The monoisotopic (exact) mass is 401 g/mol. The Morgan fingerprint density at radius 2 is 2.11 bits per heavy atom. The normalized spacial score (nSPS) is 11.6. The second kappa shape index (κ2) is 10.1. The van der Waals surface area contributed by atoms with Gasteiger partial charge in [0.1, 0.15) is 10.6 Å². The molecule has 0 fully saturated rings. The van der Waals surface area contributed by atoms with Crippen LogP contribution in [0.5, 0.6) is 0 Å². The fraction of sp³-hybridized carbons (Fsp3) is 0.316. The van der Waals surface area contributed by atoms with E-state index in [0.717, 1.165) is 40.3 Å². The average Bonchev–Trinajstić information content (AvgIpc) is 3.36. The first kappa shape index (κ1) is 19.4. The molecule has 0 bridgehead atoms. The predicted octanol–water partition coefficient (Wildman–Crippen LogP) is 3.95. The summed E-state index contributed by atoms with van der Waals surface area (Å²) in [4.78, 5) is 13.0. The van der Waals surface area contributed by atoms with Crippen molar-refractivity contribution in [3.05, 3.63) is 53.4 Å². The molecule has 3 rings (SSSR count). The maximum absolute atomic E-state index is 5.59.